The average Bonchev–Trinajstić information content (AvgIpc) is 3.06. The van der Waals surface area contributed by atoms with E-state index >= 15 is 0 Å². The summed E-state index contributed by atoms with van der Waals surface area (Å²) >= 11 is 0. The third-order valence-corrected chi connectivity index (χ3v) is 7.80. The first-order valence-corrected chi connectivity index (χ1v) is 17.7. The maximum atomic E-state index is 13.0. The number of carbonyl (C=O) groups excluding carboxylic acids is 5. The fraction of sp³-hybridized carbons (Fsp3) is 0.694. The van der Waals surface area contributed by atoms with Crippen LogP contribution in [-0.4, -0.2) is 121 Å². The lowest BCUT2D eigenvalue weighted by atomic mass is 10.0. The van der Waals surface area contributed by atoms with Crippen LogP contribution in [0.25, 0.3) is 0 Å². The molecule has 16 nitrogen and oxygen atoms in total. The van der Waals surface area contributed by atoms with E-state index in [4.69, 9.17) is 33.5 Å². The fourth-order valence-corrected chi connectivity index (χ4v) is 5.05. The van der Waals surface area contributed by atoms with Crippen molar-refractivity contribution >= 4 is 35.7 Å². The maximum absolute atomic E-state index is 13.0. The van der Waals surface area contributed by atoms with E-state index in [9.17, 15) is 29.1 Å². The highest BCUT2D eigenvalue weighted by atomic mass is 16.7. The van der Waals surface area contributed by atoms with Crippen molar-refractivity contribution in [3.8, 4) is 5.75 Å². The summed E-state index contributed by atoms with van der Waals surface area (Å²) in [6, 6.07) is 4.69. The summed E-state index contributed by atoms with van der Waals surface area (Å²) in [5, 5.41) is 22.6. The molecule has 1 aliphatic heterocycles. The molecular formula is C36H57N3O13. The summed E-state index contributed by atoms with van der Waals surface area (Å²) in [5.41, 5.74) is 0.0741. The highest BCUT2D eigenvalue weighted by molar-refractivity contribution is 5.92. The summed E-state index contributed by atoms with van der Waals surface area (Å²) in [7, 11) is 3.10. The van der Waals surface area contributed by atoms with Crippen molar-refractivity contribution in [2.45, 2.75) is 123 Å². The lowest BCUT2D eigenvalue weighted by molar-refractivity contribution is -0.254. The molecule has 16 heteroatoms. The molecule has 52 heavy (non-hydrogen) atoms. The minimum absolute atomic E-state index is 0.120. The Bertz CT molecular complexity index is 1320. The van der Waals surface area contributed by atoms with Crippen LogP contribution in [0.2, 0.25) is 0 Å². The highest BCUT2D eigenvalue weighted by Crippen LogP contribution is 2.31. The number of benzene rings is 1. The zero-order valence-corrected chi connectivity index (χ0v) is 31.5. The van der Waals surface area contributed by atoms with Gasteiger partial charge < -0.3 is 53.8 Å². The van der Waals surface area contributed by atoms with Gasteiger partial charge in [-0.1, -0.05) is 38.2 Å². The molecule has 1 fully saturated rings. The van der Waals surface area contributed by atoms with Crippen LogP contribution in [0.15, 0.2) is 18.2 Å². The number of nitrogens with one attached hydrogen (secondary N) is 1. The summed E-state index contributed by atoms with van der Waals surface area (Å²) in [6.07, 6.45) is 0.0698. The van der Waals surface area contributed by atoms with E-state index in [0.717, 1.165) is 45.4 Å². The molecule has 0 spiro atoms. The van der Waals surface area contributed by atoms with Gasteiger partial charge in [0.15, 0.2) is 12.2 Å². The third-order valence-electron chi connectivity index (χ3n) is 7.80. The monoisotopic (exact) mass is 739 g/mol. The van der Waals surface area contributed by atoms with Crippen LogP contribution >= 0.6 is 0 Å². The number of carbonyl (C=O) groups is 5. The second kappa shape index (κ2) is 22.0. The molecule has 0 unspecified atom stereocenters. The topological polar surface area (TPSA) is 200 Å². The number of unbranched alkanes of at least 4 members (excludes halogenated alkanes) is 6. The van der Waals surface area contributed by atoms with Gasteiger partial charge in [-0.15, -0.1) is 0 Å². The Morgan fingerprint density at radius 3 is 2.08 bits per heavy atom. The van der Waals surface area contributed by atoms with E-state index in [1.165, 1.54) is 29.8 Å². The Kier molecular flexibility index (Phi) is 18.7. The van der Waals surface area contributed by atoms with Crippen LogP contribution in [0.4, 0.5) is 15.3 Å². The molecule has 1 heterocycles. The van der Waals surface area contributed by atoms with Gasteiger partial charge in [0.2, 0.25) is 12.2 Å². The lowest BCUT2D eigenvalue weighted by Crippen LogP contribution is -2.57. The normalized spacial score (nSPS) is 18.5. The number of likely N-dealkylation sites (N-methyl/N-ethyl adjacent to an activating group) is 2. The zero-order valence-electron chi connectivity index (χ0n) is 31.5. The summed E-state index contributed by atoms with van der Waals surface area (Å²) in [6.45, 7) is 7.77. The first-order chi connectivity index (χ1) is 24.5. The Morgan fingerprint density at radius 2 is 1.48 bits per heavy atom. The summed E-state index contributed by atoms with van der Waals surface area (Å²) in [5.74, 6) is -1.56. The van der Waals surface area contributed by atoms with Crippen molar-refractivity contribution < 1.29 is 62.6 Å². The quantitative estimate of drug-likeness (QED) is 0.104. The number of nitrogens with zero attached hydrogens (tertiary/aromatic N) is 2. The molecule has 1 aliphatic rings. The van der Waals surface area contributed by atoms with Crippen LogP contribution in [0, 0.1) is 0 Å². The Hall–Kier alpha value is -4.15. The van der Waals surface area contributed by atoms with Gasteiger partial charge in [0.25, 0.3) is 0 Å². The number of anilines is 1. The van der Waals surface area contributed by atoms with E-state index in [-0.39, 0.29) is 56.7 Å². The van der Waals surface area contributed by atoms with Gasteiger partial charge in [-0.25, -0.2) is 9.59 Å². The molecule has 3 amide bonds. The molecule has 0 saturated carbocycles. The maximum Gasteiger partial charge on any atom is 0.410 e. The van der Waals surface area contributed by atoms with Crippen LogP contribution < -0.4 is 10.1 Å². The van der Waals surface area contributed by atoms with Gasteiger partial charge in [-0.3, -0.25) is 14.4 Å². The molecule has 0 radical (unpaired) electrons. The number of amides is 3. The van der Waals surface area contributed by atoms with Crippen molar-refractivity contribution in [2.75, 3.05) is 45.7 Å². The molecule has 3 N–H and O–H groups in total. The molecule has 1 saturated heterocycles. The van der Waals surface area contributed by atoms with Gasteiger partial charge in [0.05, 0.1) is 12.3 Å². The molecule has 294 valence electrons. The minimum Gasteiger partial charge on any atom is -0.459 e. The molecule has 2 rings (SSSR count). The van der Waals surface area contributed by atoms with Crippen molar-refractivity contribution in [3.63, 3.8) is 0 Å². The van der Waals surface area contributed by atoms with Gasteiger partial charge in [0.1, 0.15) is 24.1 Å². The molecule has 0 bridgehead atoms. The first-order valence-electron chi connectivity index (χ1n) is 17.7. The molecule has 0 aliphatic carbocycles. The van der Waals surface area contributed by atoms with Crippen molar-refractivity contribution in [2.24, 2.45) is 0 Å². The molecule has 1 aromatic carbocycles. The first kappa shape index (κ1) is 44.0. The molecule has 1 aromatic rings. The molecular weight excluding hydrogens is 682 g/mol. The third kappa shape index (κ3) is 16.5. The minimum atomic E-state index is -1.46. The van der Waals surface area contributed by atoms with Gasteiger partial charge in [0, 0.05) is 54.1 Å². The van der Waals surface area contributed by atoms with E-state index in [1.807, 2.05) is 0 Å². The predicted molar refractivity (Wildman–Crippen MR) is 188 cm³/mol. The number of esters is 2. The van der Waals surface area contributed by atoms with Crippen molar-refractivity contribution in [1.29, 1.82) is 0 Å². The fourth-order valence-electron chi connectivity index (χ4n) is 5.05. The second-order valence-corrected chi connectivity index (χ2v) is 13.7. The largest absolute Gasteiger partial charge is 0.459 e. The van der Waals surface area contributed by atoms with Crippen LogP contribution in [0.1, 0.15) is 91.5 Å². The van der Waals surface area contributed by atoms with E-state index in [1.54, 1.807) is 40.0 Å². The van der Waals surface area contributed by atoms with Crippen LogP contribution in [-0.2, 0) is 44.7 Å². The van der Waals surface area contributed by atoms with Gasteiger partial charge >= 0.3 is 24.1 Å². The van der Waals surface area contributed by atoms with E-state index < -0.39 is 54.3 Å². The van der Waals surface area contributed by atoms with Crippen molar-refractivity contribution in [1.82, 2.24) is 9.80 Å². The van der Waals surface area contributed by atoms with Crippen LogP contribution in [0.5, 0.6) is 5.75 Å². The smallest absolute Gasteiger partial charge is 0.410 e. The second-order valence-electron chi connectivity index (χ2n) is 13.7. The molecule has 0 aromatic heterocycles. The Morgan fingerprint density at radius 1 is 0.885 bits per heavy atom. The number of ether oxygens (including phenoxy) is 6. The van der Waals surface area contributed by atoms with Crippen LogP contribution in [0.3, 0.4) is 0 Å². The highest BCUT2D eigenvalue weighted by Gasteiger charge is 2.45. The van der Waals surface area contributed by atoms with Gasteiger partial charge in [-0.2, -0.15) is 0 Å². The Balaban J connectivity index is 2.14. The summed E-state index contributed by atoms with van der Waals surface area (Å²) < 4.78 is 33.0. The van der Waals surface area contributed by atoms with Crippen molar-refractivity contribution in [3.05, 3.63) is 23.8 Å². The summed E-state index contributed by atoms with van der Waals surface area (Å²) in [4.78, 5) is 64.2. The predicted octanol–water partition coefficient (Wildman–Crippen LogP) is 4.13. The Labute approximate surface area is 306 Å². The zero-order chi connectivity index (χ0) is 38.8. The SMILES string of the molecule is CC(=O)O[C@H]1[C@H](Oc2ccc(COC(=O)N(C)CCN(C)C(=O)OC(C)(C)C)cc2NC(=O)CCCCCCCCCO)OC[C@@H](OC(C)=O)[C@@H]1O. The molecule has 4 atom stereocenters. The number of rotatable bonds is 19. The van der Waals surface area contributed by atoms with E-state index in [2.05, 4.69) is 5.32 Å². The standard InChI is InChI=1S/C36H57N3O13/c1-24(41)49-29-23-47-33(32(31(29)44)50-25(2)42)51-28-17-16-26(21-27(28)37-30(43)15-13-11-9-8-10-12-14-20-40)22-48-34(45)38(6)18-19-39(7)35(46)52-36(3,4)5/h16-17,21,29,31-33,40,44H,8-15,18-20,22-23H2,1-7H3,(H,37,43)/t29-,31+,32-,33+/m1/s1. The van der Waals surface area contributed by atoms with Gasteiger partial charge in [-0.05, 0) is 51.3 Å². The number of hydrogen-bond acceptors (Lipinski definition) is 13. The number of aliphatic hydroxyl groups is 2. The average molecular weight is 740 g/mol. The lowest BCUT2D eigenvalue weighted by Gasteiger charge is -2.38. The van der Waals surface area contributed by atoms with E-state index in [0.29, 0.717) is 12.0 Å². The number of hydrogen-bond donors (Lipinski definition) is 3. The number of aliphatic hydroxyl groups excluding tert-OH is 2.